The fourth-order valence-electron chi connectivity index (χ4n) is 5.26. The second-order valence-electron chi connectivity index (χ2n) is 8.48. The van der Waals surface area contributed by atoms with Crippen LogP contribution in [-0.2, 0) is 0 Å². The molecule has 1 saturated carbocycles. The van der Waals surface area contributed by atoms with E-state index >= 15 is 0 Å². The molecular formula is C21H28N4OS. The van der Waals surface area contributed by atoms with Crippen molar-refractivity contribution in [2.75, 3.05) is 24.5 Å². The monoisotopic (exact) mass is 384 g/mol. The third-order valence-corrected chi connectivity index (χ3v) is 7.91. The molecule has 2 saturated heterocycles. The van der Waals surface area contributed by atoms with E-state index in [-0.39, 0.29) is 5.91 Å². The van der Waals surface area contributed by atoms with Crippen LogP contribution in [0.25, 0.3) is 10.2 Å². The molecule has 2 unspecified atom stereocenters. The van der Waals surface area contributed by atoms with Crippen LogP contribution < -0.4 is 4.90 Å². The van der Waals surface area contributed by atoms with Gasteiger partial charge in [0.05, 0.1) is 10.3 Å². The number of aromatic nitrogens is 2. The lowest BCUT2D eigenvalue weighted by Crippen LogP contribution is -2.37. The molecule has 0 radical (unpaired) electrons. The van der Waals surface area contributed by atoms with Gasteiger partial charge in [0.25, 0.3) is 5.91 Å². The zero-order valence-corrected chi connectivity index (χ0v) is 16.9. The molecule has 1 aliphatic carbocycles. The summed E-state index contributed by atoms with van der Waals surface area (Å²) in [6.07, 6.45) is 11.7. The van der Waals surface area contributed by atoms with E-state index in [0.29, 0.717) is 6.04 Å². The number of anilines is 1. The molecule has 5 rings (SSSR count). The summed E-state index contributed by atoms with van der Waals surface area (Å²) in [5, 5.41) is 1.11. The first kappa shape index (κ1) is 17.4. The van der Waals surface area contributed by atoms with Crippen molar-refractivity contribution < 1.29 is 4.79 Å². The Bertz CT molecular complexity index is 855. The van der Waals surface area contributed by atoms with Crippen molar-refractivity contribution in [2.24, 2.45) is 5.92 Å². The molecule has 0 aromatic carbocycles. The predicted octanol–water partition coefficient (Wildman–Crippen LogP) is 4.39. The molecule has 2 bridgehead atoms. The van der Waals surface area contributed by atoms with Crippen molar-refractivity contribution in [3.05, 3.63) is 16.8 Å². The maximum atomic E-state index is 13.3. The SMILES string of the molecule is Cc1c(C(=O)N2CC3CCC2C3)sc2ncnc(N3CCCCCCC3)c12. The van der Waals surface area contributed by atoms with Crippen LogP contribution in [0.3, 0.4) is 0 Å². The number of aryl methyl sites for hydroxylation is 1. The van der Waals surface area contributed by atoms with Crippen LogP contribution in [0, 0.1) is 12.8 Å². The fraction of sp³-hybridized carbons (Fsp3) is 0.667. The highest BCUT2D eigenvalue weighted by atomic mass is 32.1. The number of likely N-dealkylation sites (tertiary alicyclic amines) is 1. The molecule has 5 nitrogen and oxygen atoms in total. The van der Waals surface area contributed by atoms with Crippen LogP contribution in [-0.4, -0.2) is 46.5 Å². The van der Waals surface area contributed by atoms with E-state index in [0.717, 1.165) is 52.0 Å². The number of amides is 1. The predicted molar refractivity (Wildman–Crippen MR) is 110 cm³/mol. The lowest BCUT2D eigenvalue weighted by atomic mass is 10.1. The van der Waals surface area contributed by atoms with Gasteiger partial charge in [-0.2, -0.15) is 0 Å². The summed E-state index contributed by atoms with van der Waals surface area (Å²) < 4.78 is 0. The molecule has 27 heavy (non-hydrogen) atoms. The van der Waals surface area contributed by atoms with Gasteiger partial charge >= 0.3 is 0 Å². The Morgan fingerprint density at radius 3 is 2.59 bits per heavy atom. The Kier molecular flexibility index (Phi) is 4.54. The van der Waals surface area contributed by atoms with E-state index < -0.39 is 0 Å². The molecule has 2 atom stereocenters. The Hall–Kier alpha value is -1.69. The molecule has 3 aliphatic rings. The van der Waals surface area contributed by atoms with Gasteiger partial charge in [0, 0.05) is 25.7 Å². The number of nitrogens with zero attached hydrogens (tertiary/aromatic N) is 4. The van der Waals surface area contributed by atoms with Gasteiger partial charge in [-0.1, -0.05) is 19.3 Å². The van der Waals surface area contributed by atoms with Crippen molar-refractivity contribution in [3.8, 4) is 0 Å². The molecular weight excluding hydrogens is 356 g/mol. The minimum Gasteiger partial charge on any atom is -0.356 e. The Morgan fingerprint density at radius 2 is 1.89 bits per heavy atom. The topological polar surface area (TPSA) is 49.3 Å². The molecule has 2 aromatic rings. The molecule has 4 heterocycles. The van der Waals surface area contributed by atoms with Gasteiger partial charge in [-0.05, 0) is 50.5 Å². The first-order valence-corrected chi connectivity index (χ1v) is 11.3. The number of hydrogen-bond acceptors (Lipinski definition) is 5. The van der Waals surface area contributed by atoms with Gasteiger partial charge in [-0.3, -0.25) is 4.79 Å². The summed E-state index contributed by atoms with van der Waals surface area (Å²) in [5.41, 5.74) is 1.08. The first-order valence-electron chi connectivity index (χ1n) is 10.5. The minimum absolute atomic E-state index is 0.223. The molecule has 6 heteroatoms. The Balaban J connectivity index is 1.50. The molecule has 3 fully saturated rings. The van der Waals surface area contributed by atoms with E-state index in [1.165, 1.54) is 51.4 Å². The van der Waals surface area contributed by atoms with E-state index in [1.54, 1.807) is 17.7 Å². The van der Waals surface area contributed by atoms with Gasteiger partial charge in [0.2, 0.25) is 0 Å². The number of thiophene rings is 1. The van der Waals surface area contributed by atoms with Crippen LogP contribution in [0.2, 0.25) is 0 Å². The number of carbonyl (C=O) groups excluding carboxylic acids is 1. The van der Waals surface area contributed by atoms with Crippen LogP contribution in [0.4, 0.5) is 5.82 Å². The smallest absolute Gasteiger partial charge is 0.264 e. The van der Waals surface area contributed by atoms with Crippen molar-refractivity contribution >= 4 is 33.3 Å². The summed E-state index contributed by atoms with van der Waals surface area (Å²) in [5.74, 6) is 1.99. The maximum Gasteiger partial charge on any atom is 0.264 e. The van der Waals surface area contributed by atoms with Crippen molar-refractivity contribution in [2.45, 2.75) is 64.3 Å². The highest BCUT2D eigenvalue weighted by molar-refractivity contribution is 7.20. The van der Waals surface area contributed by atoms with Crippen LogP contribution >= 0.6 is 11.3 Å². The zero-order valence-electron chi connectivity index (χ0n) is 16.1. The van der Waals surface area contributed by atoms with E-state index in [1.807, 2.05) is 0 Å². The standard InChI is InChI=1S/C21H28N4OS/c1-14-17-19(24-9-5-3-2-4-6-10-24)22-13-23-20(17)27-18(14)21(26)25-12-15-7-8-16(25)11-15/h13,15-16H,2-12H2,1H3. The van der Waals surface area contributed by atoms with Gasteiger partial charge in [-0.15, -0.1) is 11.3 Å². The lowest BCUT2D eigenvalue weighted by molar-refractivity contribution is 0.0708. The minimum atomic E-state index is 0.223. The van der Waals surface area contributed by atoms with Crippen LogP contribution in [0.15, 0.2) is 6.33 Å². The van der Waals surface area contributed by atoms with Gasteiger partial charge in [-0.25, -0.2) is 9.97 Å². The van der Waals surface area contributed by atoms with E-state index in [2.05, 4.69) is 26.7 Å². The molecule has 0 spiro atoms. The Morgan fingerprint density at radius 1 is 1.11 bits per heavy atom. The first-order chi connectivity index (χ1) is 13.2. The number of carbonyl (C=O) groups is 1. The van der Waals surface area contributed by atoms with Gasteiger partial charge in [0.1, 0.15) is 17.0 Å². The quantitative estimate of drug-likeness (QED) is 0.770. The van der Waals surface area contributed by atoms with E-state index in [4.69, 9.17) is 0 Å². The van der Waals surface area contributed by atoms with Gasteiger partial charge < -0.3 is 9.80 Å². The summed E-state index contributed by atoms with van der Waals surface area (Å²) in [6, 6.07) is 0.465. The Labute approximate surface area is 164 Å². The molecule has 1 amide bonds. The van der Waals surface area contributed by atoms with Crippen molar-refractivity contribution in [1.82, 2.24) is 14.9 Å². The number of fused-ring (bicyclic) bond motifs is 3. The summed E-state index contributed by atoms with van der Waals surface area (Å²) in [7, 11) is 0. The number of rotatable bonds is 2. The van der Waals surface area contributed by atoms with Gasteiger partial charge in [0.15, 0.2) is 0 Å². The average molecular weight is 385 g/mol. The second-order valence-corrected chi connectivity index (χ2v) is 9.48. The molecule has 144 valence electrons. The normalized spacial score (nSPS) is 25.8. The third-order valence-electron chi connectivity index (χ3n) is 6.73. The van der Waals surface area contributed by atoms with Crippen molar-refractivity contribution in [3.63, 3.8) is 0 Å². The number of hydrogen-bond donors (Lipinski definition) is 0. The largest absolute Gasteiger partial charge is 0.356 e. The average Bonchev–Trinajstić information content (AvgIpc) is 3.35. The highest BCUT2D eigenvalue weighted by Gasteiger charge is 2.41. The molecule has 2 aromatic heterocycles. The second kappa shape index (κ2) is 7.04. The van der Waals surface area contributed by atoms with Crippen LogP contribution in [0.5, 0.6) is 0 Å². The highest BCUT2D eigenvalue weighted by Crippen LogP contribution is 2.41. The van der Waals surface area contributed by atoms with E-state index in [9.17, 15) is 4.79 Å². The number of piperidine rings is 1. The van der Waals surface area contributed by atoms with Crippen LogP contribution in [0.1, 0.15) is 66.6 Å². The molecule has 2 aliphatic heterocycles. The lowest BCUT2D eigenvalue weighted by Gasteiger charge is -2.27. The summed E-state index contributed by atoms with van der Waals surface area (Å²) in [4.78, 5) is 28.9. The third kappa shape index (κ3) is 3.02. The fourth-order valence-corrected chi connectivity index (χ4v) is 6.36. The summed E-state index contributed by atoms with van der Waals surface area (Å²) >= 11 is 1.56. The zero-order chi connectivity index (χ0) is 18.4. The van der Waals surface area contributed by atoms with Crippen molar-refractivity contribution in [1.29, 1.82) is 0 Å². The summed E-state index contributed by atoms with van der Waals surface area (Å²) in [6.45, 7) is 5.15. The maximum absolute atomic E-state index is 13.3. The molecule has 0 N–H and O–H groups in total.